The molecule has 1 N–H and O–H groups in total. The molecule has 2 fully saturated rings. The second-order valence-electron chi connectivity index (χ2n) is 8.68. The number of anilines is 3. The Labute approximate surface area is 188 Å². The fourth-order valence-corrected chi connectivity index (χ4v) is 4.36. The predicted octanol–water partition coefficient (Wildman–Crippen LogP) is 2.84. The minimum absolute atomic E-state index is 0.109. The van der Waals surface area contributed by atoms with E-state index in [1.165, 1.54) is 12.8 Å². The number of fused-ring (bicyclic) bond motifs is 1. The lowest BCUT2D eigenvalue weighted by Crippen LogP contribution is -2.50. The van der Waals surface area contributed by atoms with Crippen molar-refractivity contribution in [2.75, 3.05) is 67.6 Å². The van der Waals surface area contributed by atoms with Crippen molar-refractivity contribution >= 4 is 23.4 Å². The number of urea groups is 1. The fourth-order valence-electron chi connectivity index (χ4n) is 4.36. The average Bonchev–Trinajstić information content (AvgIpc) is 2.85. The molecule has 3 aliphatic heterocycles. The number of rotatable bonds is 3. The molecule has 0 spiro atoms. The van der Waals surface area contributed by atoms with E-state index in [9.17, 15) is 4.79 Å². The molecule has 2 aromatic rings. The Kier molecular flexibility index (Phi) is 5.87. The zero-order chi connectivity index (χ0) is 21.9. The van der Waals surface area contributed by atoms with Crippen molar-refractivity contribution < 1.29 is 14.3 Å². The van der Waals surface area contributed by atoms with Gasteiger partial charge >= 0.3 is 6.03 Å². The van der Waals surface area contributed by atoms with Gasteiger partial charge in [0.05, 0.1) is 0 Å². The molecule has 5 rings (SSSR count). The van der Waals surface area contributed by atoms with Gasteiger partial charge in [-0.3, -0.25) is 0 Å². The zero-order valence-electron chi connectivity index (χ0n) is 18.5. The summed E-state index contributed by atoms with van der Waals surface area (Å²) < 4.78 is 11.1. The number of nitrogens with one attached hydrogen (secondary N) is 1. The van der Waals surface area contributed by atoms with E-state index in [1.807, 2.05) is 29.2 Å². The summed E-state index contributed by atoms with van der Waals surface area (Å²) in [5.74, 6) is 4.00. The summed E-state index contributed by atoms with van der Waals surface area (Å²) >= 11 is 0. The van der Waals surface area contributed by atoms with Gasteiger partial charge in [0.2, 0.25) is 0 Å². The Morgan fingerprint density at radius 3 is 2.16 bits per heavy atom. The monoisotopic (exact) mass is 438 g/mol. The number of hydrogen-bond acceptors (Lipinski definition) is 7. The Bertz CT molecular complexity index is 937. The molecule has 0 unspecified atom stereocenters. The largest absolute Gasteiger partial charge is 0.486 e. The molecular weight excluding hydrogens is 408 g/mol. The van der Waals surface area contributed by atoms with Crippen LogP contribution in [0.15, 0.2) is 30.3 Å². The van der Waals surface area contributed by atoms with Gasteiger partial charge in [0.25, 0.3) is 0 Å². The van der Waals surface area contributed by atoms with Gasteiger partial charge in [0, 0.05) is 51.0 Å². The lowest BCUT2D eigenvalue weighted by molar-refractivity contribution is 0.171. The third-order valence-electron chi connectivity index (χ3n) is 6.43. The minimum Gasteiger partial charge on any atom is -0.486 e. The summed E-state index contributed by atoms with van der Waals surface area (Å²) in [5, 5.41) is 11.9. The van der Waals surface area contributed by atoms with Crippen LogP contribution < -0.4 is 24.6 Å². The number of piperidine rings is 1. The quantitative estimate of drug-likeness (QED) is 0.789. The second kappa shape index (κ2) is 9.10. The van der Waals surface area contributed by atoms with Crippen LogP contribution in [0.5, 0.6) is 11.5 Å². The topological polar surface area (TPSA) is 83.1 Å². The van der Waals surface area contributed by atoms with Crippen LogP contribution in [-0.4, -0.2) is 73.6 Å². The van der Waals surface area contributed by atoms with Crippen molar-refractivity contribution in [3.63, 3.8) is 0 Å². The lowest BCUT2D eigenvalue weighted by Gasteiger charge is -2.35. The highest BCUT2D eigenvalue weighted by molar-refractivity contribution is 5.90. The van der Waals surface area contributed by atoms with Crippen LogP contribution in [0.3, 0.4) is 0 Å². The van der Waals surface area contributed by atoms with Crippen molar-refractivity contribution in [1.29, 1.82) is 0 Å². The second-order valence-corrected chi connectivity index (χ2v) is 8.68. The van der Waals surface area contributed by atoms with E-state index >= 15 is 0 Å². The number of amides is 2. The predicted molar refractivity (Wildman–Crippen MR) is 123 cm³/mol. The molecule has 170 valence electrons. The molecule has 32 heavy (non-hydrogen) atoms. The standard InChI is InChI=1S/C23H30N6O3/c1-17-6-8-27(9-7-17)21-4-5-22(26-25-21)28-10-12-29(13-11-28)23(30)24-18-2-3-19-20(16-18)32-15-14-31-19/h2-5,16-17H,6-15H2,1H3,(H,24,30). The molecule has 3 aliphatic rings. The number of aromatic nitrogens is 2. The van der Waals surface area contributed by atoms with Crippen LogP contribution in [-0.2, 0) is 0 Å². The maximum Gasteiger partial charge on any atom is 0.321 e. The van der Waals surface area contributed by atoms with E-state index in [0.717, 1.165) is 43.7 Å². The molecule has 0 saturated carbocycles. The van der Waals surface area contributed by atoms with Crippen molar-refractivity contribution in [3.8, 4) is 11.5 Å². The molecule has 0 bridgehead atoms. The summed E-state index contributed by atoms with van der Waals surface area (Å²) in [6, 6.07) is 9.48. The first kappa shape index (κ1) is 20.7. The maximum atomic E-state index is 12.7. The van der Waals surface area contributed by atoms with Gasteiger partial charge in [-0.15, -0.1) is 10.2 Å². The highest BCUT2D eigenvalue weighted by atomic mass is 16.6. The van der Waals surface area contributed by atoms with Crippen LogP contribution >= 0.6 is 0 Å². The molecule has 2 amide bonds. The van der Waals surface area contributed by atoms with Crippen LogP contribution in [0, 0.1) is 5.92 Å². The Balaban J connectivity index is 1.13. The smallest absolute Gasteiger partial charge is 0.321 e. The molecule has 9 nitrogen and oxygen atoms in total. The van der Waals surface area contributed by atoms with Crippen molar-refractivity contribution in [3.05, 3.63) is 30.3 Å². The van der Waals surface area contributed by atoms with Gasteiger partial charge in [-0.2, -0.15) is 0 Å². The van der Waals surface area contributed by atoms with Gasteiger partial charge in [0.1, 0.15) is 13.2 Å². The van der Waals surface area contributed by atoms with Gasteiger partial charge in [-0.25, -0.2) is 4.79 Å². The number of ether oxygens (including phenoxy) is 2. The number of hydrogen-bond donors (Lipinski definition) is 1. The molecule has 4 heterocycles. The maximum absolute atomic E-state index is 12.7. The van der Waals surface area contributed by atoms with E-state index in [1.54, 1.807) is 0 Å². The minimum atomic E-state index is -0.109. The summed E-state index contributed by atoms with van der Waals surface area (Å²) in [5.41, 5.74) is 0.704. The summed E-state index contributed by atoms with van der Waals surface area (Å²) in [4.78, 5) is 19.0. The van der Waals surface area contributed by atoms with E-state index in [2.05, 4.69) is 38.3 Å². The third kappa shape index (κ3) is 4.51. The highest BCUT2D eigenvalue weighted by Crippen LogP contribution is 2.32. The number of piperazine rings is 1. The van der Waals surface area contributed by atoms with Gasteiger partial charge in [-0.05, 0) is 43.0 Å². The SMILES string of the molecule is CC1CCN(c2ccc(N3CCN(C(=O)Nc4ccc5c(c4)OCCO5)CC3)nn2)CC1. The average molecular weight is 439 g/mol. The van der Waals surface area contributed by atoms with E-state index in [0.29, 0.717) is 43.5 Å². The van der Waals surface area contributed by atoms with Crippen LogP contribution in [0.4, 0.5) is 22.1 Å². The Hall–Kier alpha value is -3.23. The van der Waals surface area contributed by atoms with E-state index in [4.69, 9.17) is 9.47 Å². The van der Waals surface area contributed by atoms with Crippen molar-refractivity contribution in [1.82, 2.24) is 15.1 Å². The molecule has 1 aromatic carbocycles. The number of carbonyl (C=O) groups is 1. The molecule has 0 atom stereocenters. The van der Waals surface area contributed by atoms with Crippen LogP contribution in [0.2, 0.25) is 0 Å². The molecule has 1 aromatic heterocycles. The molecular formula is C23H30N6O3. The Morgan fingerprint density at radius 2 is 1.50 bits per heavy atom. The molecule has 0 radical (unpaired) electrons. The molecule has 9 heteroatoms. The molecule has 2 saturated heterocycles. The van der Waals surface area contributed by atoms with Gasteiger partial charge in [0.15, 0.2) is 23.1 Å². The number of carbonyl (C=O) groups excluding carboxylic acids is 1. The third-order valence-corrected chi connectivity index (χ3v) is 6.43. The van der Waals surface area contributed by atoms with Crippen molar-refractivity contribution in [2.45, 2.75) is 19.8 Å². The lowest BCUT2D eigenvalue weighted by atomic mass is 9.99. The van der Waals surface area contributed by atoms with Gasteiger partial charge < -0.3 is 29.5 Å². The summed E-state index contributed by atoms with van der Waals surface area (Å²) in [6.07, 6.45) is 2.42. The normalized spacial score (nSPS) is 19.1. The van der Waals surface area contributed by atoms with Crippen molar-refractivity contribution in [2.24, 2.45) is 5.92 Å². The Morgan fingerprint density at radius 1 is 0.875 bits per heavy atom. The van der Waals surface area contributed by atoms with E-state index in [-0.39, 0.29) is 6.03 Å². The first-order chi connectivity index (χ1) is 15.7. The number of nitrogens with zero attached hydrogens (tertiary/aromatic N) is 5. The number of benzene rings is 1. The van der Waals surface area contributed by atoms with Gasteiger partial charge in [-0.1, -0.05) is 6.92 Å². The van der Waals surface area contributed by atoms with E-state index < -0.39 is 0 Å². The zero-order valence-corrected chi connectivity index (χ0v) is 18.5. The fraction of sp³-hybridized carbons (Fsp3) is 0.522. The first-order valence-electron chi connectivity index (χ1n) is 11.4. The van der Waals surface area contributed by atoms with Crippen LogP contribution in [0.1, 0.15) is 19.8 Å². The molecule has 0 aliphatic carbocycles. The summed E-state index contributed by atoms with van der Waals surface area (Å²) in [6.45, 7) is 8.18. The summed E-state index contributed by atoms with van der Waals surface area (Å²) in [7, 11) is 0. The highest BCUT2D eigenvalue weighted by Gasteiger charge is 2.23. The van der Waals surface area contributed by atoms with Crippen LogP contribution in [0.25, 0.3) is 0 Å². The first-order valence-corrected chi connectivity index (χ1v) is 11.4.